The van der Waals surface area contributed by atoms with Crippen molar-refractivity contribution in [3.8, 4) is 0 Å². The maximum atomic E-state index is 11.8. The summed E-state index contributed by atoms with van der Waals surface area (Å²) in [6.07, 6.45) is 4.60. The molecule has 0 fully saturated rings. The third-order valence-corrected chi connectivity index (χ3v) is 2.71. The van der Waals surface area contributed by atoms with Crippen molar-refractivity contribution in [1.29, 1.82) is 0 Å². The fourth-order valence-electron chi connectivity index (χ4n) is 1.71. The summed E-state index contributed by atoms with van der Waals surface area (Å²) in [7, 11) is 0. The number of nitrogens with one attached hydrogen (secondary N) is 2. The van der Waals surface area contributed by atoms with Gasteiger partial charge in [-0.2, -0.15) is 0 Å². The summed E-state index contributed by atoms with van der Waals surface area (Å²) < 4.78 is 1.30. The van der Waals surface area contributed by atoms with Crippen LogP contribution in [0.4, 0.5) is 0 Å². The molecule has 0 aliphatic carbocycles. The second kappa shape index (κ2) is 6.61. The van der Waals surface area contributed by atoms with Crippen LogP contribution in [0.2, 0.25) is 0 Å². The molecule has 10 nitrogen and oxygen atoms in total. The fourth-order valence-corrected chi connectivity index (χ4v) is 1.71. The van der Waals surface area contributed by atoms with E-state index in [0.29, 0.717) is 11.4 Å². The molecule has 0 spiro atoms. The minimum Gasteiger partial charge on any atom is -0.480 e. The number of carboxylic acids is 1. The van der Waals surface area contributed by atoms with E-state index in [9.17, 15) is 9.59 Å². The SMILES string of the molecule is NCc1cn(CC(=O)N[C@@H](Cc2cnc[nH]2)C(=O)O)nn1. The molecule has 21 heavy (non-hydrogen) atoms. The first-order valence-electron chi connectivity index (χ1n) is 6.17. The summed E-state index contributed by atoms with van der Waals surface area (Å²) in [4.78, 5) is 29.6. The highest BCUT2D eigenvalue weighted by molar-refractivity contribution is 5.83. The number of nitrogens with two attached hydrogens (primary N) is 1. The predicted molar refractivity (Wildman–Crippen MR) is 69.8 cm³/mol. The van der Waals surface area contributed by atoms with Crippen LogP contribution in [0.25, 0.3) is 0 Å². The van der Waals surface area contributed by atoms with Crippen LogP contribution in [-0.4, -0.2) is 48.0 Å². The van der Waals surface area contributed by atoms with Gasteiger partial charge in [-0.1, -0.05) is 5.21 Å². The highest BCUT2D eigenvalue weighted by Crippen LogP contribution is 1.99. The van der Waals surface area contributed by atoms with Gasteiger partial charge in [0.1, 0.15) is 12.6 Å². The van der Waals surface area contributed by atoms with Gasteiger partial charge in [0.15, 0.2) is 0 Å². The minimum atomic E-state index is -1.13. The van der Waals surface area contributed by atoms with Gasteiger partial charge in [0.2, 0.25) is 5.91 Å². The number of nitrogens with zero attached hydrogens (tertiary/aromatic N) is 4. The largest absolute Gasteiger partial charge is 0.480 e. The van der Waals surface area contributed by atoms with Gasteiger partial charge in [-0.15, -0.1) is 5.10 Å². The predicted octanol–water partition coefficient (Wildman–Crippen LogP) is -1.73. The summed E-state index contributed by atoms with van der Waals surface area (Å²) in [5, 5.41) is 19.0. The first-order valence-corrected chi connectivity index (χ1v) is 6.17. The second-order valence-corrected chi connectivity index (χ2v) is 4.35. The van der Waals surface area contributed by atoms with Crippen LogP contribution in [0.5, 0.6) is 0 Å². The van der Waals surface area contributed by atoms with E-state index in [4.69, 9.17) is 10.8 Å². The molecule has 0 aromatic carbocycles. The average Bonchev–Trinajstić information content (AvgIpc) is 3.09. The number of hydrogen-bond acceptors (Lipinski definition) is 6. The number of carbonyl (C=O) groups is 2. The molecule has 0 aliphatic rings. The standard InChI is InChI=1S/C11H15N7O3/c12-2-8-4-18(17-16-8)5-10(19)15-9(11(20)21)1-7-3-13-6-14-7/h3-4,6,9H,1-2,5,12H2,(H,13,14)(H,15,19)(H,20,21)/t9-/m0/s1. The number of amides is 1. The molecule has 1 amide bonds. The van der Waals surface area contributed by atoms with E-state index < -0.39 is 17.9 Å². The molecule has 0 radical (unpaired) electrons. The Kier molecular flexibility index (Phi) is 4.61. The van der Waals surface area contributed by atoms with E-state index >= 15 is 0 Å². The lowest BCUT2D eigenvalue weighted by Crippen LogP contribution is -2.43. The minimum absolute atomic E-state index is 0.118. The topological polar surface area (TPSA) is 152 Å². The molecule has 2 rings (SSSR count). The van der Waals surface area contributed by atoms with Gasteiger partial charge in [-0.25, -0.2) is 14.5 Å². The van der Waals surface area contributed by atoms with Crippen molar-refractivity contribution >= 4 is 11.9 Å². The van der Waals surface area contributed by atoms with Crippen molar-refractivity contribution in [2.24, 2.45) is 5.73 Å². The Bertz CT molecular complexity index is 607. The highest BCUT2D eigenvalue weighted by atomic mass is 16.4. The normalized spacial score (nSPS) is 12.0. The molecule has 2 aromatic heterocycles. The van der Waals surface area contributed by atoms with E-state index in [0.717, 1.165) is 0 Å². The summed E-state index contributed by atoms with van der Waals surface area (Å²) in [5.74, 6) is -1.60. The second-order valence-electron chi connectivity index (χ2n) is 4.35. The number of hydrogen-bond donors (Lipinski definition) is 4. The summed E-state index contributed by atoms with van der Waals surface area (Å²) >= 11 is 0. The van der Waals surface area contributed by atoms with E-state index in [1.165, 1.54) is 23.4 Å². The van der Waals surface area contributed by atoms with Crippen LogP contribution in [0.15, 0.2) is 18.7 Å². The lowest BCUT2D eigenvalue weighted by Gasteiger charge is -2.13. The smallest absolute Gasteiger partial charge is 0.326 e. The third-order valence-electron chi connectivity index (χ3n) is 2.71. The maximum absolute atomic E-state index is 11.8. The molecule has 0 unspecified atom stereocenters. The van der Waals surface area contributed by atoms with Crippen LogP contribution in [0.1, 0.15) is 11.4 Å². The van der Waals surface area contributed by atoms with Crippen LogP contribution < -0.4 is 11.1 Å². The van der Waals surface area contributed by atoms with Gasteiger partial charge < -0.3 is 21.1 Å². The molecule has 10 heteroatoms. The van der Waals surface area contributed by atoms with Crippen molar-refractivity contribution in [2.45, 2.75) is 25.6 Å². The Morgan fingerprint density at radius 2 is 2.33 bits per heavy atom. The fraction of sp³-hybridized carbons (Fsp3) is 0.364. The van der Waals surface area contributed by atoms with Gasteiger partial charge in [0.05, 0.1) is 18.2 Å². The van der Waals surface area contributed by atoms with Crippen molar-refractivity contribution in [3.63, 3.8) is 0 Å². The molecular formula is C11H15N7O3. The number of aromatic amines is 1. The van der Waals surface area contributed by atoms with Crippen molar-refractivity contribution in [2.75, 3.05) is 0 Å². The highest BCUT2D eigenvalue weighted by Gasteiger charge is 2.21. The number of H-pyrrole nitrogens is 1. The molecule has 0 saturated carbocycles. The molecule has 5 N–H and O–H groups in total. The average molecular weight is 293 g/mol. The lowest BCUT2D eigenvalue weighted by atomic mass is 10.1. The van der Waals surface area contributed by atoms with Crippen LogP contribution in [0.3, 0.4) is 0 Å². The third kappa shape index (κ3) is 4.11. The molecule has 2 heterocycles. The monoisotopic (exact) mass is 293 g/mol. The number of aromatic nitrogens is 5. The Morgan fingerprint density at radius 1 is 1.52 bits per heavy atom. The quantitative estimate of drug-likeness (QED) is 0.473. The zero-order valence-corrected chi connectivity index (χ0v) is 11.1. The van der Waals surface area contributed by atoms with E-state index in [2.05, 4.69) is 25.6 Å². The van der Waals surface area contributed by atoms with Crippen LogP contribution >= 0.6 is 0 Å². The Balaban J connectivity index is 1.93. The van der Waals surface area contributed by atoms with Crippen LogP contribution in [-0.2, 0) is 29.1 Å². The molecule has 112 valence electrons. The zero-order valence-electron chi connectivity index (χ0n) is 11.1. The summed E-state index contributed by atoms with van der Waals surface area (Å²) in [6, 6.07) is -1.05. The van der Waals surface area contributed by atoms with Crippen molar-refractivity contribution in [1.82, 2.24) is 30.3 Å². The van der Waals surface area contributed by atoms with Crippen molar-refractivity contribution < 1.29 is 14.7 Å². The summed E-state index contributed by atoms with van der Waals surface area (Å²) in [5.41, 5.74) is 6.56. The number of rotatable bonds is 7. The first-order chi connectivity index (χ1) is 10.1. The maximum Gasteiger partial charge on any atom is 0.326 e. The number of imidazole rings is 1. The van der Waals surface area contributed by atoms with Gasteiger partial charge in [0.25, 0.3) is 0 Å². The molecule has 0 aliphatic heterocycles. The van der Waals surface area contributed by atoms with E-state index in [1.54, 1.807) is 0 Å². The number of carboxylic acid groups (broad SMARTS) is 1. The Morgan fingerprint density at radius 3 is 2.90 bits per heavy atom. The number of aliphatic carboxylic acids is 1. The van der Waals surface area contributed by atoms with Crippen LogP contribution in [0, 0.1) is 0 Å². The Hall–Kier alpha value is -2.75. The van der Waals surface area contributed by atoms with E-state index in [1.807, 2.05) is 0 Å². The Labute approximate surface area is 119 Å². The molecule has 0 bridgehead atoms. The lowest BCUT2D eigenvalue weighted by molar-refractivity contribution is -0.141. The molecular weight excluding hydrogens is 278 g/mol. The van der Waals surface area contributed by atoms with Gasteiger partial charge in [0, 0.05) is 24.9 Å². The summed E-state index contributed by atoms with van der Waals surface area (Å²) in [6.45, 7) is 0.0962. The zero-order chi connectivity index (χ0) is 15.2. The van der Waals surface area contributed by atoms with Gasteiger partial charge in [-0.3, -0.25) is 4.79 Å². The molecule has 1 atom stereocenters. The van der Waals surface area contributed by atoms with Gasteiger partial charge >= 0.3 is 5.97 Å². The van der Waals surface area contributed by atoms with Crippen molar-refractivity contribution in [3.05, 3.63) is 30.1 Å². The first kappa shape index (κ1) is 14.7. The number of carbonyl (C=O) groups excluding carboxylic acids is 1. The van der Waals surface area contributed by atoms with E-state index in [-0.39, 0.29) is 19.5 Å². The van der Waals surface area contributed by atoms with Gasteiger partial charge in [-0.05, 0) is 0 Å². The molecule has 2 aromatic rings. The molecule has 0 saturated heterocycles.